The van der Waals surface area contributed by atoms with Gasteiger partial charge in [0.2, 0.25) is 0 Å². The van der Waals surface area contributed by atoms with Crippen LogP contribution in [0.15, 0.2) is 60.7 Å². The van der Waals surface area contributed by atoms with Crippen molar-refractivity contribution in [2.45, 2.75) is 6.10 Å². The number of ether oxygens (including phenoxy) is 2. The Morgan fingerprint density at radius 3 is 2.44 bits per heavy atom. The van der Waals surface area contributed by atoms with Crippen molar-refractivity contribution in [2.24, 2.45) is 0 Å². The van der Waals surface area contributed by atoms with Crippen LogP contribution in [0.4, 0.5) is 0 Å². The van der Waals surface area contributed by atoms with Crippen molar-refractivity contribution in [3.63, 3.8) is 0 Å². The third kappa shape index (κ3) is 5.48. The molecule has 1 fully saturated rings. The molecule has 1 saturated heterocycles. The minimum atomic E-state index is 0. The first-order chi connectivity index (χ1) is 12.9. The van der Waals surface area contributed by atoms with Gasteiger partial charge in [-0.15, -0.1) is 0 Å². The molecule has 0 spiro atoms. The number of piperazine rings is 1. The molecular formula is C22H27ClN2O2. The molecule has 1 unspecified atom stereocenters. The van der Waals surface area contributed by atoms with Crippen molar-refractivity contribution in [2.75, 3.05) is 45.9 Å². The molecule has 0 saturated carbocycles. The van der Waals surface area contributed by atoms with Crippen LogP contribution in [-0.2, 0) is 0 Å². The molecule has 2 aliphatic heterocycles. The number of quaternary nitrogens is 1. The second kappa shape index (κ2) is 9.79. The first-order valence-electron chi connectivity index (χ1n) is 9.53. The third-order valence-corrected chi connectivity index (χ3v) is 5.11. The molecule has 1 atom stereocenters. The Labute approximate surface area is 167 Å². The van der Waals surface area contributed by atoms with Crippen LogP contribution in [0.25, 0.3) is 6.08 Å². The first-order valence-corrected chi connectivity index (χ1v) is 9.53. The molecule has 4 nitrogen and oxygen atoms in total. The lowest BCUT2D eigenvalue weighted by molar-refractivity contribution is -0.898. The van der Waals surface area contributed by atoms with Crippen molar-refractivity contribution in [1.82, 2.24) is 4.90 Å². The van der Waals surface area contributed by atoms with Gasteiger partial charge in [-0.2, -0.15) is 0 Å². The van der Waals surface area contributed by atoms with Crippen LogP contribution in [0.1, 0.15) is 5.56 Å². The van der Waals surface area contributed by atoms with Crippen LogP contribution >= 0.6 is 0 Å². The van der Waals surface area contributed by atoms with Gasteiger partial charge < -0.3 is 26.8 Å². The number of fused-ring (bicyclic) bond motifs is 1. The highest BCUT2D eigenvalue weighted by molar-refractivity contribution is 5.48. The van der Waals surface area contributed by atoms with Crippen LogP contribution in [-0.4, -0.2) is 56.9 Å². The van der Waals surface area contributed by atoms with E-state index >= 15 is 0 Å². The molecule has 27 heavy (non-hydrogen) atoms. The topological polar surface area (TPSA) is 26.1 Å². The molecule has 0 radical (unpaired) electrons. The first kappa shape index (κ1) is 19.7. The van der Waals surface area contributed by atoms with Gasteiger partial charge in [-0.05, 0) is 23.8 Å². The van der Waals surface area contributed by atoms with Gasteiger partial charge in [0.05, 0.1) is 19.6 Å². The summed E-state index contributed by atoms with van der Waals surface area (Å²) in [6, 6.07) is 18.5. The Morgan fingerprint density at radius 1 is 0.963 bits per heavy atom. The summed E-state index contributed by atoms with van der Waals surface area (Å²) in [5.41, 5.74) is 1.28. The van der Waals surface area contributed by atoms with E-state index in [1.807, 2.05) is 24.3 Å². The molecule has 0 aromatic heterocycles. The van der Waals surface area contributed by atoms with Gasteiger partial charge >= 0.3 is 0 Å². The molecule has 0 aliphatic carbocycles. The van der Waals surface area contributed by atoms with Crippen LogP contribution in [0.5, 0.6) is 11.5 Å². The maximum Gasteiger partial charge on any atom is 0.161 e. The van der Waals surface area contributed by atoms with E-state index in [-0.39, 0.29) is 18.5 Å². The number of benzene rings is 2. The number of nitrogens with one attached hydrogen (secondary N) is 1. The van der Waals surface area contributed by atoms with E-state index in [1.54, 1.807) is 4.90 Å². The van der Waals surface area contributed by atoms with E-state index in [1.165, 1.54) is 18.7 Å². The highest BCUT2D eigenvalue weighted by Crippen LogP contribution is 2.30. The van der Waals surface area contributed by atoms with Gasteiger partial charge in [0.1, 0.15) is 12.7 Å². The molecule has 5 heteroatoms. The van der Waals surface area contributed by atoms with Gasteiger partial charge in [-0.3, -0.25) is 4.90 Å². The van der Waals surface area contributed by atoms with E-state index in [0.717, 1.165) is 37.7 Å². The lowest BCUT2D eigenvalue weighted by Gasteiger charge is -2.35. The number of hydrogen-bond acceptors (Lipinski definition) is 3. The van der Waals surface area contributed by atoms with Crippen LogP contribution in [0, 0.1) is 0 Å². The summed E-state index contributed by atoms with van der Waals surface area (Å²) < 4.78 is 11.9. The van der Waals surface area contributed by atoms with Gasteiger partial charge in [0, 0.05) is 19.6 Å². The molecule has 2 aromatic carbocycles. The van der Waals surface area contributed by atoms with E-state index in [0.29, 0.717) is 6.61 Å². The average molecular weight is 387 g/mol. The Hall–Kier alpha value is -2.01. The predicted molar refractivity (Wildman–Crippen MR) is 104 cm³/mol. The fourth-order valence-corrected chi connectivity index (χ4v) is 3.62. The summed E-state index contributed by atoms with van der Waals surface area (Å²) in [7, 11) is 0. The largest absolute Gasteiger partial charge is 1.00 e. The van der Waals surface area contributed by atoms with Crippen molar-refractivity contribution < 1.29 is 26.8 Å². The van der Waals surface area contributed by atoms with E-state index < -0.39 is 0 Å². The van der Waals surface area contributed by atoms with Crippen LogP contribution in [0.3, 0.4) is 0 Å². The highest BCUT2D eigenvalue weighted by Gasteiger charge is 2.26. The predicted octanol–water partition coefficient (Wildman–Crippen LogP) is -1.26. The molecule has 0 bridgehead atoms. The number of nitrogens with zero attached hydrogens (tertiary/aromatic N) is 1. The summed E-state index contributed by atoms with van der Waals surface area (Å²) >= 11 is 0. The molecule has 0 amide bonds. The minimum Gasteiger partial charge on any atom is -1.00 e. The number of para-hydroxylation sites is 2. The van der Waals surface area contributed by atoms with Crippen molar-refractivity contribution in [3.8, 4) is 11.5 Å². The van der Waals surface area contributed by atoms with Gasteiger partial charge in [-0.25, -0.2) is 0 Å². The zero-order valence-electron chi connectivity index (χ0n) is 15.5. The molecule has 4 rings (SSSR count). The summed E-state index contributed by atoms with van der Waals surface area (Å²) in [6.45, 7) is 7.29. The fourth-order valence-electron chi connectivity index (χ4n) is 3.62. The third-order valence-electron chi connectivity index (χ3n) is 5.11. The zero-order chi connectivity index (χ0) is 17.6. The summed E-state index contributed by atoms with van der Waals surface area (Å²) in [5, 5.41) is 0. The number of rotatable bonds is 5. The smallest absolute Gasteiger partial charge is 0.161 e. The lowest BCUT2D eigenvalue weighted by Crippen LogP contribution is -3.14. The fraction of sp³-hybridized carbons (Fsp3) is 0.364. The Balaban J connectivity index is 0.00000210. The molecular weight excluding hydrogens is 360 g/mol. The quantitative estimate of drug-likeness (QED) is 0.695. The summed E-state index contributed by atoms with van der Waals surface area (Å²) in [5.74, 6) is 1.74. The lowest BCUT2D eigenvalue weighted by atomic mass is 10.2. The van der Waals surface area contributed by atoms with Gasteiger partial charge in [0.25, 0.3) is 0 Å². The number of halogens is 1. The maximum absolute atomic E-state index is 6.09. The Morgan fingerprint density at radius 2 is 1.67 bits per heavy atom. The molecule has 144 valence electrons. The van der Waals surface area contributed by atoms with E-state index in [9.17, 15) is 0 Å². The Kier molecular flexibility index (Phi) is 7.16. The SMILES string of the molecule is C(=C\c1ccccc1)/C[NH+]1CCN(CC2COc3ccccc3O2)CC1.[Cl-]. The molecule has 2 heterocycles. The van der Waals surface area contributed by atoms with E-state index in [4.69, 9.17) is 9.47 Å². The summed E-state index contributed by atoms with van der Waals surface area (Å²) in [4.78, 5) is 4.16. The van der Waals surface area contributed by atoms with Gasteiger partial charge in [-0.1, -0.05) is 48.5 Å². The Bertz CT molecular complexity index is 730. The standard InChI is InChI=1S/C22H26N2O2.ClH/c1-2-7-19(8-3-1)9-6-12-23-13-15-24(16-14-23)17-20-18-25-21-10-4-5-11-22(21)26-20;/h1-11,20H,12-18H2;1H/b9-6+;. The maximum atomic E-state index is 6.09. The van der Waals surface area contributed by atoms with Crippen molar-refractivity contribution in [3.05, 3.63) is 66.2 Å². The zero-order valence-corrected chi connectivity index (χ0v) is 16.3. The van der Waals surface area contributed by atoms with E-state index in [2.05, 4.69) is 47.4 Å². The monoisotopic (exact) mass is 386 g/mol. The second-order valence-electron chi connectivity index (χ2n) is 7.07. The minimum absolute atomic E-state index is 0. The molecule has 2 aliphatic rings. The molecule has 1 N–H and O–H groups in total. The molecule has 2 aromatic rings. The highest BCUT2D eigenvalue weighted by atomic mass is 35.5. The van der Waals surface area contributed by atoms with Crippen molar-refractivity contribution in [1.29, 1.82) is 0 Å². The van der Waals surface area contributed by atoms with Gasteiger partial charge in [0.15, 0.2) is 11.5 Å². The van der Waals surface area contributed by atoms with Crippen LogP contribution in [0.2, 0.25) is 0 Å². The summed E-state index contributed by atoms with van der Waals surface area (Å²) in [6.07, 6.45) is 4.66. The van der Waals surface area contributed by atoms with Crippen LogP contribution < -0.4 is 26.8 Å². The second-order valence-corrected chi connectivity index (χ2v) is 7.07. The number of hydrogen-bond donors (Lipinski definition) is 1. The van der Waals surface area contributed by atoms with Crippen molar-refractivity contribution >= 4 is 6.08 Å². The normalized spacial score (nSPS) is 20.4. The average Bonchev–Trinajstić information content (AvgIpc) is 2.70.